The van der Waals surface area contributed by atoms with E-state index >= 15 is 0 Å². The van der Waals surface area contributed by atoms with Crippen molar-refractivity contribution in [1.82, 2.24) is 4.90 Å². The lowest BCUT2D eigenvalue weighted by atomic mass is 9.85. The summed E-state index contributed by atoms with van der Waals surface area (Å²) in [5.41, 5.74) is 0.491. The van der Waals surface area contributed by atoms with E-state index in [1.165, 1.54) is 0 Å². The number of carbonyl (C=O) groups excluding carboxylic acids is 4. The third-order valence-electron chi connectivity index (χ3n) is 5.33. The van der Waals surface area contributed by atoms with E-state index in [0.717, 1.165) is 4.90 Å². The lowest BCUT2D eigenvalue weighted by Crippen LogP contribution is -2.33. The Balaban J connectivity index is 1.22. The Morgan fingerprint density at radius 3 is 2.40 bits per heavy atom. The Morgan fingerprint density at radius 1 is 1.03 bits per heavy atom. The Hall–Kier alpha value is -3.36. The molecule has 1 N–H and O–H groups in total. The number of rotatable bonds is 6. The van der Waals surface area contributed by atoms with E-state index in [0.29, 0.717) is 43.2 Å². The van der Waals surface area contributed by atoms with E-state index in [2.05, 4.69) is 5.32 Å². The molecular formula is C21H22N2O7. The Labute approximate surface area is 172 Å². The fourth-order valence-electron chi connectivity index (χ4n) is 3.83. The quantitative estimate of drug-likeness (QED) is 0.424. The molecule has 0 radical (unpaired) electrons. The highest BCUT2D eigenvalue weighted by atomic mass is 16.6. The van der Waals surface area contributed by atoms with Crippen LogP contribution in [0.4, 0.5) is 5.69 Å². The number of ether oxygens (including phenoxy) is 3. The van der Waals surface area contributed by atoms with Gasteiger partial charge in [0.25, 0.3) is 5.91 Å². The van der Waals surface area contributed by atoms with E-state index in [4.69, 9.17) is 14.2 Å². The average molecular weight is 414 g/mol. The van der Waals surface area contributed by atoms with Gasteiger partial charge in [0.2, 0.25) is 11.8 Å². The lowest BCUT2D eigenvalue weighted by molar-refractivity contribution is -0.148. The van der Waals surface area contributed by atoms with Crippen LogP contribution in [0.5, 0.6) is 11.5 Å². The first-order valence-corrected chi connectivity index (χ1v) is 9.88. The summed E-state index contributed by atoms with van der Waals surface area (Å²) in [4.78, 5) is 49.9. The highest BCUT2D eigenvalue weighted by molar-refractivity contribution is 6.05. The SMILES string of the molecule is O=C(COC(=O)CCN1C(=O)[C@H]2CC=CC[C@H]2C1=O)Nc1ccc2c(c1)OCCO2. The maximum Gasteiger partial charge on any atom is 0.308 e. The fraction of sp³-hybridized carbons (Fsp3) is 0.429. The van der Waals surface area contributed by atoms with Crippen LogP contribution in [0.15, 0.2) is 30.4 Å². The third kappa shape index (κ3) is 4.14. The maximum atomic E-state index is 12.4. The van der Waals surface area contributed by atoms with Crippen molar-refractivity contribution in [3.05, 3.63) is 30.4 Å². The second-order valence-corrected chi connectivity index (χ2v) is 7.30. The van der Waals surface area contributed by atoms with Gasteiger partial charge in [-0.25, -0.2) is 0 Å². The second-order valence-electron chi connectivity index (χ2n) is 7.30. The number of fused-ring (bicyclic) bond motifs is 2. The number of hydrogen-bond acceptors (Lipinski definition) is 7. The zero-order valence-corrected chi connectivity index (χ0v) is 16.3. The van der Waals surface area contributed by atoms with Gasteiger partial charge in [0.05, 0.1) is 18.3 Å². The number of esters is 1. The molecule has 1 aromatic rings. The number of benzene rings is 1. The molecule has 30 heavy (non-hydrogen) atoms. The summed E-state index contributed by atoms with van der Waals surface area (Å²) in [6.07, 6.45) is 4.77. The standard InChI is InChI=1S/C21H22N2O7/c24-18(22-13-5-6-16-17(11-13)29-10-9-28-16)12-30-19(25)7-8-23-20(26)14-3-1-2-4-15(14)21(23)27/h1-2,5-6,11,14-15H,3-4,7-10,12H2,(H,22,24)/t14-,15+. The lowest BCUT2D eigenvalue weighted by Gasteiger charge is -2.19. The molecule has 0 spiro atoms. The van der Waals surface area contributed by atoms with Crippen LogP contribution >= 0.6 is 0 Å². The normalized spacial score (nSPS) is 21.9. The molecule has 9 heteroatoms. The molecule has 1 aromatic carbocycles. The molecule has 0 bridgehead atoms. The van der Waals surface area contributed by atoms with Gasteiger partial charge in [-0.2, -0.15) is 0 Å². The summed E-state index contributed by atoms with van der Waals surface area (Å²) in [7, 11) is 0. The molecule has 2 atom stereocenters. The van der Waals surface area contributed by atoms with E-state index in [1.807, 2.05) is 12.2 Å². The number of nitrogens with zero attached hydrogens (tertiary/aromatic N) is 1. The van der Waals surface area contributed by atoms with Crippen LogP contribution in [-0.2, 0) is 23.9 Å². The van der Waals surface area contributed by atoms with Crippen LogP contribution in [0.25, 0.3) is 0 Å². The Bertz CT molecular complexity index is 885. The van der Waals surface area contributed by atoms with Crippen LogP contribution in [0.2, 0.25) is 0 Å². The van der Waals surface area contributed by atoms with Gasteiger partial charge in [0.1, 0.15) is 13.2 Å². The molecule has 2 aliphatic heterocycles. The van der Waals surface area contributed by atoms with E-state index < -0.39 is 18.5 Å². The topological polar surface area (TPSA) is 111 Å². The average Bonchev–Trinajstić information content (AvgIpc) is 3.01. The third-order valence-corrected chi connectivity index (χ3v) is 5.33. The summed E-state index contributed by atoms with van der Waals surface area (Å²) >= 11 is 0. The number of allylic oxidation sites excluding steroid dienone is 2. The van der Waals surface area contributed by atoms with E-state index in [-0.39, 0.29) is 36.6 Å². The van der Waals surface area contributed by atoms with Gasteiger partial charge in [0.15, 0.2) is 18.1 Å². The molecule has 3 amide bonds. The molecule has 2 heterocycles. The summed E-state index contributed by atoms with van der Waals surface area (Å²) < 4.78 is 15.8. The first-order chi connectivity index (χ1) is 14.5. The largest absolute Gasteiger partial charge is 0.486 e. The van der Waals surface area contributed by atoms with Gasteiger partial charge in [0, 0.05) is 18.3 Å². The van der Waals surface area contributed by atoms with Crippen molar-refractivity contribution >= 4 is 29.4 Å². The van der Waals surface area contributed by atoms with Crippen molar-refractivity contribution < 1.29 is 33.4 Å². The van der Waals surface area contributed by atoms with Crippen molar-refractivity contribution in [3.63, 3.8) is 0 Å². The molecule has 1 aliphatic carbocycles. The van der Waals surface area contributed by atoms with E-state index in [9.17, 15) is 19.2 Å². The first kappa shape index (κ1) is 19.9. The fourth-order valence-corrected chi connectivity index (χ4v) is 3.83. The zero-order valence-electron chi connectivity index (χ0n) is 16.3. The summed E-state index contributed by atoms with van der Waals surface area (Å²) in [5, 5.41) is 2.62. The van der Waals surface area contributed by atoms with Crippen molar-refractivity contribution in [1.29, 1.82) is 0 Å². The molecule has 0 saturated carbocycles. The zero-order chi connectivity index (χ0) is 21.1. The number of amides is 3. The summed E-state index contributed by atoms with van der Waals surface area (Å²) in [6, 6.07) is 4.98. The van der Waals surface area contributed by atoms with Crippen LogP contribution in [-0.4, -0.2) is 55.0 Å². The first-order valence-electron chi connectivity index (χ1n) is 9.88. The number of likely N-dealkylation sites (tertiary alicyclic amines) is 1. The van der Waals surface area contributed by atoms with Gasteiger partial charge >= 0.3 is 5.97 Å². The molecule has 1 saturated heterocycles. The van der Waals surface area contributed by atoms with E-state index in [1.54, 1.807) is 18.2 Å². The summed E-state index contributed by atoms with van der Waals surface area (Å²) in [6.45, 7) is 0.404. The smallest absolute Gasteiger partial charge is 0.308 e. The molecule has 4 rings (SSSR count). The van der Waals surface area contributed by atoms with Crippen molar-refractivity contribution in [3.8, 4) is 11.5 Å². The maximum absolute atomic E-state index is 12.4. The predicted octanol–water partition coefficient (Wildman–Crippen LogP) is 1.28. The van der Waals surface area contributed by atoms with Gasteiger partial charge in [-0.1, -0.05) is 12.2 Å². The minimum atomic E-state index is -0.652. The van der Waals surface area contributed by atoms with Crippen molar-refractivity contribution in [2.24, 2.45) is 11.8 Å². The highest BCUT2D eigenvalue weighted by Crippen LogP contribution is 2.35. The molecule has 0 unspecified atom stereocenters. The van der Waals surface area contributed by atoms with Gasteiger partial charge in [-0.05, 0) is 25.0 Å². The minimum absolute atomic E-state index is 0.0344. The monoisotopic (exact) mass is 414 g/mol. The Morgan fingerprint density at radius 2 is 1.70 bits per heavy atom. The number of nitrogens with one attached hydrogen (secondary N) is 1. The van der Waals surface area contributed by atoms with Crippen molar-refractivity contribution in [2.75, 3.05) is 31.7 Å². The van der Waals surface area contributed by atoms with Gasteiger partial charge in [-0.15, -0.1) is 0 Å². The van der Waals surface area contributed by atoms with Crippen LogP contribution in [0.1, 0.15) is 19.3 Å². The minimum Gasteiger partial charge on any atom is -0.486 e. The van der Waals surface area contributed by atoms with Gasteiger partial charge in [-0.3, -0.25) is 24.1 Å². The number of imide groups is 1. The highest BCUT2D eigenvalue weighted by Gasteiger charge is 2.46. The molecule has 3 aliphatic rings. The molecule has 1 fully saturated rings. The summed E-state index contributed by atoms with van der Waals surface area (Å²) in [5.74, 6) is -1.15. The van der Waals surface area contributed by atoms with Crippen LogP contribution < -0.4 is 14.8 Å². The van der Waals surface area contributed by atoms with Gasteiger partial charge < -0.3 is 19.5 Å². The Kier molecular flexibility index (Phi) is 5.69. The molecule has 0 aromatic heterocycles. The number of carbonyl (C=O) groups is 4. The number of hydrogen-bond donors (Lipinski definition) is 1. The molecule has 158 valence electrons. The molecule has 9 nitrogen and oxygen atoms in total. The molecular weight excluding hydrogens is 392 g/mol. The van der Waals surface area contributed by atoms with Crippen LogP contribution in [0, 0.1) is 11.8 Å². The van der Waals surface area contributed by atoms with Crippen LogP contribution in [0.3, 0.4) is 0 Å². The second kappa shape index (κ2) is 8.56. The number of anilines is 1. The van der Waals surface area contributed by atoms with Crippen molar-refractivity contribution in [2.45, 2.75) is 19.3 Å². The predicted molar refractivity (Wildman–Crippen MR) is 104 cm³/mol.